The van der Waals surface area contributed by atoms with Gasteiger partial charge in [0.25, 0.3) is 16.6 Å². The van der Waals surface area contributed by atoms with Crippen molar-refractivity contribution in [1.29, 1.82) is 0 Å². The van der Waals surface area contributed by atoms with Crippen LogP contribution in [-0.4, -0.2) is 76.0 Å². The molecular formula is C60H71O12P3. The van der Waals surface area contributed by atoms with Crippen molar-refractivity contribution >= 4 is 54.6 Å². The molecule has 0 aliphatic heterocycles. The topological polar surface area (TPSA) is 158 Å². The Bertz CT molecular complexity index is 2720. The first kappa shape index (κ1) is 59.0. The molecule has 15 heteroatoms. The Morgan fingerprint density at radius 3 is 0.813 bits per heavy atom. The molecule has 6 rings (SSSR count). The summed E-state index contributed by atoms with van der Waals surface area (Å²) in [6.45, 7) is 18.1. The average molecular weight is 1080 g/mol. The molecule has 0 amide bonds. The normalized spacial score (nSPS) is 14.8. The number of ether oxygens (including phenoxy) is 3. The van der Waals surface area contributed by atoms with Crippen molar-refractivity contribution in [2.45, 2.75) is 75.7 Å². The first-order valence-electron chi connectivity index (χ1n) is 25.2. The molecule has 0 N–H and O–H groups in total. The lowest BCUT2D eigenvalue weighted by Gasteiger charge is -2.32. The van der Waals surface area contributed by atoms with E-state index < -0.39 is 44.1 Å². The highest BCUT2D eigenvalue weighted by Gasteiger charge is 2.41. The second-order valence-electron chi connectivity index (χ2n) is 19.4. The van der Waals surface area contributed by atoms with Crippen molar-refractivity contribution in [2.75, 3.05) is 59.5 Å². The number of carbonyl (C=O) groups is 3. The Balaban J connectivity index is 1.18. The molecule has 0 spiro atoms. The molecule has 0 heterocycles. The van der Waals surface area contributed by atoms with Crippen molar-refractivity contribution in [1.82, 2.24) is 0 Å². The van der Waals surface area contributed by atoms with Gasteiger partial charge in [-0.25, -0.2) is 0 Å². The van der Waals surface area contributed by atoms with E-state index in [-0.39, 0.29) is 75.4 Å². The highest BCUT2D eigenvalue weighted by Crippen LogP contribution is 2.52. The predicted molar refractivity (Wildman–Crippen MR) is 299 cm³/mol. The van der Waals surface area contributed by atoms with Crippen LogP contribution in [0.25, 0.3) is 0 Å². The van der Waals surface area contributed by atoms with Crippen LogP contribution in [0.2, 0.25) is 0 Å². The summed E-state index contributed by atoms with van der Waals surface area (Å²) in [5.41, 5.74) is 5.60. The predicted octanol–water partition coefficient (Wildman–Crippen LogP) is 12.6. The van der Waals surface area contributed by atoms with E-state index >= 15 is 0 Å². The molecule has 0 aliphatic carbocycles. The smallest absolute Gasteiger partial charge is 0.300 e. The third-order valence-electron chi connectivity index (χ3n) is 13.2. The number of benzene rings is 6. The summed E-state index contributed by atoms with van der Waals surface area (Å²) < 4.78 is 81.6. The SMILES string of the molecule is CCC(COCCOP(=O)(C(=O)c1c(C)cc(C)cc1C)c1ccccc1)(COCCOP(=O)(C(=O)c1c(C)cc(C)cc1C)c1ccccc1)COCCOP(=O)(C(=O)c1c(C)cc(C)cc1C)c1ccccc1. The molecule has 0 fully saturated rings. The Kier molecular flexibility index (Phi) is 20.6. The van der Waals surface area contributed by atoms with Gasteiger partial charge in [-0.3, -0.25) is 28.1 Å². The van der Waals surface area contributed by atoms with Gasteiger partial charge in [0, 0.05) is 38.0 Å². The second-order valence-corrected chi connectivity index (χ2v) is 26.3. The van der Waals surface area contributed by atoms with Crippen molar-refractivity contribution < 1.29 is 55.9 Å². The third-order valence-corrected chi connectivity index (χ3v) is 20.1. The minimum Gasteiger partial charge on any atom is -0.378 e. The fourth-order valence-corrected chi connectivity index (χ4v) is 15.7. The quantitative estimate of drug-likeness (QED) is 0.0339. The van der Waals surface area contributed by atoms with Gasteiger partial charge in [0.15, 0.2) is 0 Å². The van der Waals surface area contributed by atoms with Crippen LogP contribution in [0.4, 0.5) is 0 Å². The Morgan fingerprint density at radius 2 is 0.600 bits per heavy atom. The molecule has 0 aliphatic rings. The molecule has 0 saturated carbocycles. The minimum absolute atomic E-state index is 0.0499. The second kappa shape index (κ2) is 26.2. The van der Waals surface area contributed by atoms with Crippen LogP contribution in [0.1, 0.15) is 94.5 Å². The van der Waals surface area contributed by atoms with Crippen LogP contribution < -0.4 is 15.9 Å². The molecule has 75 heavy (non-hydrogen) atoms. The molecule has 0 aromatic heterocycles. The van der Waals surface area contributed by atoms with E-state index in [1.165, 1.54) is 0 Å². The number of hydrogen-bond acceptors (Lipinski definition) is 12. The van der Waals surface area contributed by atoms with Crippen LogP contribution in [0, 0.1) is 67.7 Å². The lowest BCUT2D eigenvalue weighted by atomic mass is 9.88. The molecule has 0 radical (unpaired) electrons. The number of carbonyl (C=O) groups excluding carboxylic acids is 3. The lowest BCUT2D eigenvalue weighted by molar-refractivity contribution is -0.0790. The summed E-state index contributed by atoms with van der Waals surface area (Å²) in [5.74, 6) is 0. The van der Waals surface area contributed by atoms with E-state index in [0.717, 1.165) is 16.7 Å². The zero-order chi connectivity index (χ0) is 54.6. The van der Waals surface area contributed by atoms with Gasteiger partial charge < -0.3 is 27.8 Å². The summed E-state index contributed by atoms with van der Waals surface area (Å²) in [4.78, 5) is 42.8. The van der Waals surface area contributed by atoms with E-state index in [4.69, 9.17) is 27.8 Å². The number of rotatable bonds is 28. The van der Waals surface area contributed by atoms with Gasteiger partial charge in [-0.2, -0.15) is 0 Å². The molecule has 12 nitrogen and oxygen atoms in total. The van der Waals surface area contributed by atoms with Crippen molar-refractivity contribution in [3.05, 3.63) is 194 Å². The molecular weight excluding hydrogens is 1010 g/mol. The maximum Gasteiger partial charge on any atom is 0.300 e. The summed E-state index contributed by atoms with van der Waals surface area (Å²) in [6.07, 6.45) is 0.461. The fourth-order valence-electron chi connectivity index (χ4n) is 9.59. The van der Waals surface area contributed by atoms with Crippen molar-refractivity contribution in [3.63, 3.8) is 0 Å². The summed E-state index contributed by atoms with van der Waals surface area (Å²) in [6, 6.07) is 36.7. The maximum atomic E-state index is 14.8. The third kappa shape index (κ3) is 14.0. The summed E-state index contributed by atoms with van der Waals surface area (Å²) >= 11 is 0. The van der Waals surface area contributed by atoms with Gasteiger partial charge in [-0.1, -0.05) is 115 Å². The van der Waals surface area contributed by atoms with Crippen LogP contribution >= 0.6 is 22.1 Å². The van der Waals surface area contributed by atoms with Crippen molar-refractivity contribution in [3.8, 4) is 0 Å². The van der Waals surface area contributed by atoms with E-state index in [1.54, 1.807) is 91.0 Å². The maximum absolute atomic E-state index is 14.8. The van der Waals surface area contributed by atoms with Crippen LogP contribution in [0.15, 0.2) is 127 Å². The van der Waals surface area contributed by atoms with E-state index in [0.29, 0.717) is 56.5 Å². The van der Waals surface area contributed by atoms with Gasteiger partial charge >= 0.3 is 22.1 Å². The molecule has 6 aromatic carbocycles. The first-order chi connectivity index (χ1) is 35.7. The number of aryl methyl sites for hydroxylation is 9. The van der Waals surface area contributed by atoms with Gasteiger partial charge in [0.05, 0.1) is 59.5 Å². The highest BCUT2D eigenvalue weighted by atomic mass is 31.2. The largest absolute Gasteiger partial charge is 0.378 e. The number of hydrogen-bond donors (Lipinski definition) is 0. The van der Waals surface area contributed by atoms with Crippen LogP contribution in [0.3, 0.4) is 0 Å². The zero-order valence-corrected chi connectivity index (χ0v) is 47.6. The van der Waals surface area contributed by atoms with Gasteiger partial charge in [-0.05, 0) is 139 Å². The molecule has 3 atom stereocenters. The van der Waals surface area contributed by atoms with E-state index in [1.807, 2.05) is 106 Å². The fraction of sp³-hybridized carbons (Fsp3) is 0.350. The first-order valence-corrected chi connectivity index (χ1v) is 30.1. The molecule has 6 aromatic rings. The molecule has 3 unspecified atom stereocenters. The monoisotopic (exact) mass is 1080 g/mol. The molecule has 0 bridgehead atoms. The van der Waals surface area contributed by atoms with Crippen molar-refractivity contribution in [2.24, 2.45) is 5.41 Å². The lowest BCUT2D eigenvalue weighted by Crippen LogP contribution is -2.38. The highest BCUT2D eigenvalue weighted by molar-refractivity contribution is 7.84. The van der Waals surface area contributed by atoms with Crippen LogP contribution in [0.5, 0.6) is 0 Å². The standard InChI is InChI=1S/C60H71O12P3/c1-11-60(39-67-27-30-70-73(64,51-21-15-12-16-22-51)57(61)54-45(5)33-42(2)34-46(54)6,40-68-28-31-71-74(65,52-23-17-13-18-24-52)58(62)55-47(7)35-43(3)36-48(55)8)41-69-29-32-72-75(66,53-25-19-14-20-26-53)59(63)56-49(9)37-44(4)38-50(56)10/h12-26,33-38H,11,27-32,39-41H2,1-10H3. The summed E-state index contributed by atoms with van der Waals surface area (Å²) in [7, 11) is -12.4. The van der Waals surface area contributed by atoms with Crippen LogP contribution in [-0.2, 0) is 41.5 Å². The average Bonchev–Trinajstić information content (AvgIpc) is 3.37. The summed E-state index contributed by atoms with van der Waals surface area (Å²) in [5, 5.41) is 0.816. The Hall–Kier alpha value is -5.22. The Morgan fingerprint density at radius 1 is 0.373 bits per heavy atom. The van der Waals surface area contributed by atoms with E-state index in [2.05, 4.69) is 0 Å². The van der Waals surface area contributed by atoms with Gasteiger partial charge in [0.1, 0.15) is 0 Å². The van der Waals surface area contributed by atoms with Gasteiger partial charge in [-0.15, -0.1) is 0 Å². The molecule has 398 valence electrons. The Labute approximate surface area is 443 Å². The van der Waals surface area contributed by atoms with E-state index in [9.17, 15) is 28.1 Å². The minimum atomic E-state index is -4.12. The molecule has 0 saturated heterocycles. The zero-order valence-electron chi connectivity index (χ0n) is 44.9. The van der Waals surface area contributed by atoms with Gasteiger partial charge in [0.2, 0.25) is 0 Å².